The Morgan fingerprint density at radius 1 is 1.30 bits per heavy atom. The Hall–Kier alpha value is -1.95. The Morgan fingerprint density at radius 3 is 2.55 bits per heavy atom. The highest BCUT2D eigenvalue weighted by molar-refractivity contribution is 7.12. The standard InChI is InChI=1S/C14H13F2NO2S/c1-7-5-9(20-8(7)2)6-17-11-4-3-10(14(18)19)12(15)13(11)16/h3-5,17H,6H2,1-2H3,(H,18,19). The Balaban J connectivity index is 2.18. The summed E-state index contributed by atoms with van der Waals surface area (Å²) >= 11 is 1.58. The van der Waals surface area contributed by atoms with E-state index in [2.05, 4.69) is 5.32 Å². The molecule has 1 heterocycles. The lowest BCUT2D eigenvalue weighted by atomic mass is 10.2. The van der Waals surface area contributed by atoms with E-state index >= 15 is 0 Å². The maximum absolute atomic E-state index is 13.7. The zero-order valence-corrected chi connectivity index (χ0v) is 11.8. The van der Waals surface area contributed by atoms with E-state index in [-0.39, 0.29) is 5.69 Å². The summed E-state index contributed by atoms with van der Waals surface area (Å²) < 4.78 is 27.2. The van der Waals surface area contributed by atoms with Crippen molar-refractivity contribution in [1.29, 1.82) is 0 Å². The molecule has 0 saturated heterocycles. The molecule has 0 unspecified atom stereocenters. The molecule has 0 aliphatic carbocycles. The van der Waals surface area contributed by atoms with Crippen molar-refractivity contribution in [3.8, 4) is 0 Å². The van der Waals surface area contributed by atoms with Crippen LogP contribution in [0.25, 0.3) is 0 Å². The number of carboxylic acids is 1. The number of aromatic carboxylic acids is 1. The van der Waals surface area contributed by atoms with E-state index in [1.165, 1.54) is 10.9 Å². The van der Waals surface area contributed by atoms with Crippen molar-refractivity contribution >= 4 is 23.0 Å². The molecule has 1 aromatic carbocycles. The maximum atomic E-state index is 13.7. The molecule has 0 radical (unpaired) electrons. The summed E-state index contributed by atoms with van der Waals surface area (Å²) in [5, 5.41) is 11.5. The van der Waals surface area contributed by atoms with Crippen molar-refractivity contribution < 1.29 is 18.7 Å². The summed E-state index contributed by atoms with van der Waals surface area (Å²) in [7, 11) is 0. The third-order valence-corrected chi connectivity index (χ3v) is 4.14. The van der Waals surface area contributed by atoms with Crippen molar-refractivity contribution in [2.45, 2.75) is 20.4 Å². The highest BCUT2D eigenvalue weighted by atomic mass is 32.1. The molecule has 0 amide bonds. The van der Waals surface area contributed by atoms with E-state index in [1.807, 2.05) is 19.9 Å². The van der Waals surface area contributed by atoms with Gasteiger partial charge in [-0.25, -0.2) is 13.6 Å². The molecule has 2 rings (SSSR count). The van der Waals surface area contributed by atoms with Gasteiger partial charge in [-0.3, -0.25) is 0 Å². The Labute approximate surface area is 118 Å². The molecule has 0 aliphatic rings. The van der Waals surface area contributed by atoms with Gasteiger partial charge in [-0.15, -0.1) is 11.3 Å². The molecule has 0 atom stereocenters. The number of thiophene rings is 1. The first-order valence-electron chi connectivity index (χ1n) is 5.91. The molecular formula is C14H13F2NO2S. The summed E-state index contributed by atoms with van der Waals surface area (Å²) in [5.41, 5.74) is 0.437. The SMILES string of the molecule is Cc1cc(CNc2ccc(C(=O)O)c(F)c2F)sc1C. The minimum Gasteiger partial charge on any atom is -0.478 e. The second-order valence-electron chi connectivity index (χ2n) is 4.40. The number of hydrogen-bond donors (Lipinski definition) is 2. The van der Waals surface area contributed by atoms with E-state index in [1.54, 1.807) is 11.3 Å². The lowest BCUT2D eigenvalue weighted by Crippen LogP contribution is -2.07. The van der Waals surface area contributed by atoms with Crippen LogP contribution in [0.3, 0.4) is 0 Å². The molecule has 6 heteroatoms. The highest BCUT2D eigenvalue weighted by Crippen LogP contribution is 2.24. The molecule has 106 valence electrons. The van der Waals surface area contributed by atoms with E-state index in [0.717, 1.165) is 16.5 Å². The van der Waals surface area contributed by atoms with E-state index in [0.29, 0.717) is 6.54 Å². The van der Waals surface area contributed by atoms with Gasteiger partial charge < -0.3 is 10.4 Å². The van der Waals surface area contributed by atoms with E-state index in [9.17, 15) is 13.6 Å². The summed E-state index contributed by atoms with van der Waals surface area (Å²) in [4.78, 5) is 12.9. The fourth-order valence-electron chi connectivity index (χ4n) is 1.77. The van der Waals surface area contributed by atoms with E-state index in [4.69, 9.17) is 5.11 Å². The van der Waals surface area contributed by atoms with Gasteiger partial charge >= 0.3 is 5.97 Å². The largest absolute Gasteiger partial charge is 0.478 e. The molecule has 0 spiro atoms. The van der Waals surface area contributed by atoms with Gasteiger partial charge in [-0.1, -0.05) is 0 Å². The van der Waals surface area contributed by atoms with Gasteiger partial charge in [0.2, 0.25) is 0 Å². The first kappa shape index (κ1) is 14.5. The smallest absolute Gasteiger partial charge is 0.338 e. The quantitative estimate of drug-likeness (QED) is 0.898. The van der Waals surface area contributed by atoms with Crippen LogP contribution in [0.1, 0.15) is 25.7 Å². The predicted octanol–water partition coefficient (Wildman–Crippen LogP) is 3.95. The van der Waals surface area contributed by atoms with Gasteiger partial charge in [0, 0.05) is 16.3 Å². The van der Waals surface area contributed by atoms with Crippen LogP contribution in [0.5, 0.6) is 0 Å². The van der Waals surface area contributed by atoms with Crippen LogP contribution in [0.2, 0.25) is 0 Å². The van der Waals surface area contributed by atoms with Crippen molar-refractivity contribution in [3.05, 3.63) is 50.7 Å². The van der Waals surface area contributed by atoms with Crippen molar-refractivity contribution in [2.75, 3.05) is 5.32 Å². The minimum atomic E-state index is -1.49. The third kappa shape index (κ3) is 2.80. The number of benzene rings is 1. The van der Waals surface area contributed by atoms with Gasteiger partial charge in [0.05, 0.1) is 11.3 Å². The Bertz CT molecular complexity index is 648. The second-order valence-corrected chi connectivity index (χ2v) is 5.74. The van der Waals surface area contributed by atoms with Crippen LogP contribution in [-0.2, 0) is 6.54 Å². The number of carboxylic acid groups (broad SMARTS) is 1. The molecule has 0 aliphatic heterocycles. The fourth-order valence-corrected chi connectivity index (χ4v) is 2.76. The predicted molar refractivity (Wildman–Crippen MR) is 74.4 cm³/mol. The average Bonchev–Trinajstić information content (AvgIpc) is 2.70. The topological polar surface area (TPSA) is 49.3 Å². The molecule has 1 aromatic heterocycles. The monoisotopic (exact) mass is 297 g/mol. The molecule has 0 fully saturated rings. The molecule has 2 N–H and O–H groups in total. The highest BCUT2D eigenvalue weighted by Gasteiger charge is 2.17. The van der Waals surface area contributed by atoms with Crippen LogP contribution in [0, 0.1) is 25.5 Å². The number of nitrogens with one attached hydrogen (secondary N) is 1. The summed E-state index contributed by atoms with van der Waals surface area (Å²) in [5.74, 6) is -4.01. The summed E-state index contributed by atoms with van der Waals surface area (Å²) in [6.45, 7) is 4.34. The van der Waals surface area contributed by atoms with Crippen LogP contribution in [-0.4, -0.2) is 11.1 Å². The lowest BCUT2D eigenvalue weighted by Gasteiger charge is -2.08. The second kappa shape index (κ2) is 5.58. The molecule has 2 aromatic rings. The number of carbonyl (C=O) groups is 1. The Kier molecular flexibility index (Phi) is 4.04. The maximum Gasteiger partial charge on any atom is 0.338 e. The van der Waals surface area contributed by atoms with Crippen molar-refractivity contribution in [3.63, 3.8) is 0 Å². The number of rotatable bonds is 4. The van der Waals surface area contributed by atoms with Crippen molar-refractivity contribution in [1.82, 2.24) is 0 Å². The van der Waals surface area contributed by atoms with Crippen LogP contribution >= 0.6 is 11.3 Å². The van der Waals surface area contributed by atoms with Gasteiger partial charge in [-0.2, -0.15) is 0 Å². The first-order chi connectivity index (χ1) is 9.40. The van der Waals surface area contributed by atoms with Gasteiger partial charge in [0.15, 0.2) is 11.6 Å². The third-order valence-electron chi connectivity index (χ3n) is 2.98. The Morgan fingerprint density at radius 2 is 2.00 bits per heavy atom. The number of halogens is 2. The fraction of sp³-hybridized carbons (Fsp3) is 0.214. The number of aryl methyl sites for hydroxylation is 2. The molecule has 3 nitrogen and oxygen atoms in total. The normalized spacial score (nSPS) is 10.6. The van der Waals surface area contributed by atoms with Crippen LogP contribution in [0.4, 0.5) is 14.5 Å². The lowest BCUT2D eigenvalue weighted by molar-refractivity contribution is 0.0690. The first-order valence-corrected chi connectivity index (χ1v) is 6.73. The average molecular weight is 297 g/mol. The van der Waals surface area contributed by atoms with E-state index < -0.39 is 23.2 Å². The van der Waals surface area contributed by atoms with Crippen LogP contribution < -0.4 is 5.32 Å². The van der Waals surface area contributed by atoms with Crippen LogP contribution in [0.15, 0.2) is 18.2 Å². The summed E-state index contributed by atoms with van der Waals surface area (Å²) in [6, 6.07) is 4.26. The van der Waals surface area contributed by atoms with Crippen molar-refractivity contribution in [2.24, 2.45) is 0 Å². The molecule has 20 heavy (non-hydrogen) atoms. The molecule has 0 saturated carbocycles. The minimum absolute atomic E-state index is 0.0452. The zero-order valence-electron chi connectivity index (χ0n) is 11.0. The molecule has 0 bridgehead atoms. The summed E-state index contributed by atoms with van der Waals surface area (Å²) in [6.07, 6.45) is 0. The van der Waals surface area contributed by atoms with Gasteiger partial charge in [0.1, 0.15) is 0 Å². The molecular weight excluding hydrogens is 284 g/mol. The van der Waals surface area contributed by atoms with Gasteiger partial charge in [0.25, 0.3) is 0 Å². The number of hydrogen-bond acceptors (Lipinski definition) is 3. The van der Waals surface area contributed by atoms with Gasteiger partial charge in [-0.05, 0) is 37.6 Å². The zero-order chi connectivity index (χ0) is 14.9. The number of anilines is 1.